The fourth-order valence-electron chi connectivity index (χ4n) is 3.34. The molecule has 0 heterocycles. The quantitative estimate of drug-likeness (QED) is 0.700. The van der Waals surface area contributed by atoms with Crippen molar-refractivity contribution in [1.29, 1.82) is 0 Å². The second-order valence-corrected chi connectivity index (χ2v) is 9.18. The molecule has 0 atom stereocenters. The fraction of sp³-hybridized carbons (Fsp3) is 0.550. The Morgan fingerprint density at radius 3 is 2.38 bits per heavy atom. The van der Waals surface area contributed by atoms with Crippen LogP contribution in [0.2, 0.25) is 0 Å². The smallest absolute Gasteiger partial charge is 0.225 e. The Bertz CT molecular complexity index is 749. The maximum Gasteiger partial charge on any atom is 0.225 e. The number of carbonyl (C=O) groups excluding carboxylic acids is 1. The maximum absolute atomic E-state index is 12.2. The van der Waals surface area contributed by atoms with Gasteiger partial charge in [0.1, 0.15) is 0 Å². The van der Waals surface area contributed by atoms with Gasteiger partial charge in [-0.1, -0.05) is 17.7 Å². The first-order valence-electron chi connectivity index (χ1n) is 9.25. The molecule has 0 saturated heterocycles. The normalized spacial score (nSPS) is 15.0. The third-order valence-corrected chi connectivity index (χ3v) is 5.93. The molecule has 0 saturated carbocycles. The molecule has 0 fully saturated rings. The molecular formula is C20H30N2O3S. The third kappa shape index (κ3) is 6.92. The molecule has 0 unspecified atom stereocenters. The van der Waals surface area contributed by atoms with Gasteiger partial charge in [-0.2, -0.15) is 0 Å². The Morgan fingerprint density at radius 1 is 1.12 bits per heavy atom. The Labute approximate surface area is 157 Å². The molecule has 1 N–H and O–H groups in total. The molecule has 1 aromatic rings. The van der Waals surface area contributed by atoms with E-state index in [9.17, 15) is 13.2 Å². The minimum absolute atomic E-state index is 0.152. The summed E-state index contributed by atoms with van der Waals surface area (Å²) in [5.41, 5.74) is 4.26. The molecule has 26 heavy (non-hydrogen) atoms. The molecular weight excluding hydrogens is 348 g/mol. The van der Waals surface area contributed by atoms with Crippen molar-refractivity contribution in [2.24, 2.45) is 0 Å². The lowest BCUT2D eigenvalue weighted by Gasteiger charge is -2.21. The van der Waals surface area contributed by atoms with Crippen LogP contribution in [0.25, 0.3) is 0 Å². The zero-order valence-corrected chi connectivity index (χ0v) is 16.9. The summed E-state index contributed by atoms with van der Waals surface area (Å²) in [7, 11) is -3.32. The van der Waals surface area contributed by atoms with Crippen LogP contribution in [0.3, 0.4) is 0 Å². The van der Waals surface area contributed by atoms with Crippen LogP contribution < -0.4 is 5.32 Å². The number of allylic oxidation sites excluding steroid dienone is 1. The predicted octanol–water partition coefficient (Wildman–Crippen LogP) is 3.78. The summed E-state index contributed by atoms with van der Waals surface area (Å²) in [4.78, 5) is 12.2. The number of sulfonamides is 1. The van der Waals surface area contributed by atoms with E-state index in [1.807, 2.05) is 32.0 Å². The van der Waals surface area contributed by atoms with Crippen LogP contribution in [0.5, 0.6) is 0 Å². The van der Waals surface area contributed by atoms with Crippen molar-refractivity contribution >= 4 is 21.6 Å². The van der Waals surface area contributed by atoms with Gasteiger partial charge in [-0.25, -0.2) is 12.7 Å². The van der Waals surface area contributed by atoms with Gasteiger partial charge in [0, 0.05) is 25.2 Å². The number of carbonyl (C=O) groups is 1. The Balaban J connectivity index is 1.89. The van der Waals surface area contributed by atoms with Crippen LogP contribution in [0.1, 0.15) is 49.7 Å². The Hall–Kier alpha value is -1.66. The fourth-order valence-corrected chi connectivity index (χ4v) is 4.19. The summed E-state index contributed by atoms with van der Waals surface area (Å²) in [6.45, 7) is 4.62. The zero-order chi connectivity index (χ0) is 19.2. The summed E-state index contributed by atoms with van der Waals surface area (Å²) in [5.74, 6) is -0.166. The average Bonchev–Trinajstić information content (AvgIpc) is 2.53. The van der Waals surface area contributed by atoms with E-state index in [2.05, 4.69) is 11.4 Å². The first kappa shape index (κ1) is 20.6. The van der Waals surface area contributed by atoms with E-state index < -0.39 is 10.0 Å². The van der Waals surface area contributed by atoms with E-state index in [1.54, 1.807) is 0 Å². The van der Waals surface area contributed by atoms with E-state index in [0.717, 1.165) is 36.1 Å². The minimum Gasteiger partial charge on any atom is -0.326 e. The maximum atomic E-state index is 12.2. The summed E-state index contributed by atoms with van der Waals surface area (Å²) < 4.78 is 25.5. The van der Waals surface area contributed by atoms with Crippen LogP contribution in [-0.2, 0) is 14.8 Å². The number of benzene rings is 1. The van der Waals surface area contributed by atoms with Crippen molar-refractivity contribution < 1.29 is 13.2 Å². The number of hydrogen-bond acceptors (Lipinski definition) is 3. The van der Waals surface area contributed by atoms with Crippen molar-refractivity contribution in [2.45, 2.75) is 52.4 Å². The molecule has 0 aliphatic heterocycles. The minimum atomic E-state index is -3.32. The van der Waals surface area contributed by atoms with Gasteiger partial charge in [-0.3, -0.25) is 4.79 Å². The summed E-state index contributed by atoms with van der Waals surface area (Å²) in [5, 5.41) is 2.86. The van der Waals surface area contributed by atoms with Gasteiger partial charge in [-0.15, -0.1) is 0 Å². The highest BCUT2D eigenvalue weighted by atomic mass is 32.2. The molecule has 0 bridgehead atoms. The monoisotopic (exact) mass is 378 g/mol. The van der Waals surface area contributed by atoms with Gasteiger partial charge >= 0.3 is 0 Å². The van der Waals surface area contributed by atoms with Crippen molar-refractivity contribution in [3.05, 3.63) is 41.0 Å². The van der Waals surface area contributed by atoms with Gasteiger partial charge in [0.05, 0.1) is 6.26 Å². The second-order valence-electron chi connectivity index (χ2n) is 7.19. The summed E-state index contributed by atoms with van der Waals surface area (Å²) in [6, 6.07) is 5.87. The van der Waals surface area contributed by atoms with Crippen molar-refractivity contribution in [1.82, 2.24) is 4.31 Å². The second kappa shape index (κ2) is 9.33. The Kier molecular flexibility index (Phi) is 7.41. The van der Waals surface area contributed by atoms with Crippen LogP contribution in [0.4, 0.5) is 5.69 Å². The van der Waals surface area contributed by atoms with E-state index in [-0.39, 0.29) is 18.9 Å². The predicted molar refractivity (Wildman–Crippen MR) is 107 cm³/mol. The lowest BCUT2D eigenvalue weighted by molar-refractivity contribution is -0.116. The molecule has 1 aliphatic rings. The topological polar surface area (TPSA) is 66.5 Å². The first-order chi connectivity index (χ1) is 12.2. The van der Waals surface area contributed by atoms with Crippen LogP contribution >= 0.6 is 0 Å². The largest absolute Gasteiger partial charge is 0.326 e. The molecule has 5 nitrogen and oxygen atoms in total. The van der Waals surface area contributed by atoms with E-state index in [4.69, 9.17) is 0 Å². The molecule has 1 aromatic carbocycles. The van der Waals surface area contributed by atoms with E-state index in [0.29, 0.717) is 6.54 Å². The number of rotatable bonds is 8. The standard InChI is InChI=1S/C20H30N2O3S/c1-16-13-17(2)15-19(14-16)21-20(23)10-12-22(26(3,24)25)11-9-18-7-5-4-6-8-18/h7,13-15H,4-6,8-12H2,1-3H3,(H,21,23). The number of nitrogens with zero attached hydrogens (tertiary/aromatic N) is 1. The van der Waals surface area contributed by atoms with Crippen LogP contribution in [0.15, 0.2) is 29.8 Å². The van der Waals surface area contributed by atoms with E-state index >= 15 is 0 Å². The molecule has 6 heteroatoms. The number of amides is 1. The highest BCUT2D eigenvalue weighted by molar-refractivity contribution is 7.88. The first-order valence-corrected chi connectivity index (χ1v) is 11.1. The lowest BCUT2D eigenvalue weighted by atomic mass is 9.97. The highest BCUT2D eigenvalue weighted by Gasteiger charge is 2.18. The summed E-state index contributed by atoms with van der Waals surface area (Å²) in [6.07, 6.45) is 8.91. The van der Waals surface area contributed by atoms with E-state index in [1.165, 1.54) is 29.0 Å². The third-order valence-electron chi connectivity index (χ3n) is 4.63. The average molecular weight is 379 g/mol. The molecule has 0 aromatic heterocycles. The lowest BCUT2D eigenvalue weighted by Crippen LogP contribution is -2.34. The SMILES string of the molecule is Cc1cc(C)cc(NC(=O)CCN(CCC2=CCCCC2)S(C)(=O)=O)c1. The van der Waals surface area contributed by atoms with Crippen molar-refractivity contribution in [3.8, 4) is 0 Å². The van der Waals surface area contributed by atoms with Gasteiger partial charge in [0.25, 0.3) is 0 Å². The number of hydrogen-bond donors (Lipinski definition) is 1. The molecule has 0 radical (unpaired) electrons. The highest BCUT2D eigenvalue weighted by Crippen LogP contribution is 2.21. The molecule has 144 valence electrons. The molecule has 0 spiro atoms. The van der Waals surface area contributed by atoms with Crippen LogP contribution in [-0.4, -0.2) is 38.0 Å². The van der Waals surface area contributed by atoms with Gasteiger partial charge in [-0.05, 0) is 69.2 Å². The summed E-state index contributed by atoms with van der Waals surface area (Å²) >= 11 is 0. The van der Waals surface area contributed by atoms with Crippen molar-refractivity contribution in [2.75, 3.05) is 24.7 Å². The number of aryl methyl sites for hydroxylation is 2. The molecule has 1 aliphatic carbocycles. The van der Waals surface area contributed by atoms with Crippen LogP contribution in [0, 0.1) is 13.8 Å². The number of anilines is 1. The van der Waals surface area contributed by atoms with Crippen molar-refractivity contribution in [3.63, 3.8) is 0 Å². The molecule has 2 rings (SSSR count). The van der Waals surface area contributed by atoms with Gasteiger partial charge < -0.3 is 5.32 Å². The Morgan fingerprint density at radius 2 is 1.81 bits per heavy atom. The number of nitrogens with one attached hydrogen (secondary N) is 1. The van der Waals surface area contributed by atoms with Gasteiger partial charge in [0.2, 0.25) is 15.9 Å². The molecule has 1 amide bonds. The zero-order valence-electron chi connectivity index (χ0n) is 16.0. The van der Waals surface area contributed by atoms with Gasteiger partial charge in [0.15, 0.2) is 0 Å².